The van der Waals surface area contributed by atoms with Gasteiger partial charge in [0.1, 0.15) is 0 Å². The molecule has 4 nitrogen and oxygen atoms in total. The van der Waals surface area contributed by atoms with Gasteiger partial charge in [0.25, 0.3) is 0 Å². The van der Waals surface area contributed by atoms with E-state index in [1.165, 1.54) is 18.4 Å². The molecule has 2 rings (SSSR count). The Labute approximate surface area is 151 Å². The topological polar surface area (TPSA) is 36.9 Å². The van der Waals surface area contributed by atoms with Gasteiger partial charge in [0.2, 0.25) is 0 Å². The Hall–Kier alpha value is -0.820. The van der Waals surface area contributed by atoms with E-state index in [1.807, 2.05) is 25.2 Å². The largest absolute Gasteiger partial charge is 0.375 e. The van der Waals surface area contributed by atoms with Crippen molar-refractivity contribution in [2.75, 3.05) is 33.8 Å². The van der Waals surface area contributed by atoms with Crippen LogP contribution in [0.1, 0.15) is 31.4 Å². The van der Waals surface area contributed by atoms with Gasteiger partial charge in [-0.3, -0.25) is 4.99 Å². The quantitative estimate of drug-likeness (QED) is 0.464. The van der Waals surface area contributed by atoms with E-state index in [2.05, 4.69) is 34.3 Å². The molecular formula is C17H28IN3O. The summed E-state index contributed by atoms with van der Waals surface area (Å²) in [5, 5.41) is 3.45. The SMILES string of the molecule is CN=C(NCC(OC)c1ccccc1)N1CCC(C)CC1.I. The number of likely N-dealkylation sites (tertiary alicyclic amines) is 1. The molecule has 1 N–H and O–H groups in total. The molecule has 0 amide bonds. The van der Waals surface area contributed by atoms with Gasteiger partial charge in [-0.15, -0.1) is 24.0 Å². The fourth-order valence-electron chi connectivity index (χ4n) is 2.74. The Bertz CT molecular complexity index is 444. The van der Waals surface area contributed by atoms with Gasteiger partial charge >= 0.3 is 0 Å². The maximum Gasteiger partial charge on any atom is 0.193 e. The molecule has 0 radical (unpaired) electrons. The fourth-order valence-corrected chi connectivity index (χ4v) is 2.74. The van der Waals surface area contributed by atoms with Crippen molar-refractivity contribution in [3.8, 4) is 0 Å². The minimum atomic E-state index is 0. The molecule has 0 saturated carbocycles. The normalized spacial score (nSPS) is 17.8. The second kappa shape index (κ2) is 10.0. The van der Waals surface area contributed by atoms with Crippen LogP contribution in [0.3, 0.4) is 0 Å². The number of guanidine groups is 1. The van der Waals surface area contributed by atoms with Crippen LogP contribution in [0.2, 0.25) is 0 Å². The third-order valence-electron chi connectivity index (χ3n) is 4.20. The Balaban J connectivity index is 0.00000242. The standard InChI is InChI=1S/C17H27N3O.HI/c1-14-9-11-20(12-10-14)17(18-2)19-13-16(21-3)15-7-5-4-6-8-15;/h4-8,14,16H,9-13H2,1-3H3,(H,18,19);1H. The van der Waals surface area contributed by atoms with Gasteiger partial charge in [-0.25, -0.2) is 0 Å². The average molecular weight is 417 g/mol. The zero-order chi connectivity index (χ0) is 15.1. The summed E-state index contributed by atoms with van der Waals surface area (Å²) in [4.78, 5) is 6.76. The van der Waals surface area contributed by atoms with Crippen LogP contribution in [0, 0.1) is 5.92 Å². The van der Waals surface area contributed by atoms with Crippen molar-refractivity contribution in [2.45, 2.75) is 25.9 Å². The number of halogens is 1. The summed E-state index contributed by atoms with van der Waals surface area (Å²) >= 11 is 0. The summed E-state index contributed by atoms with van der Waals surface area (Å²) in [5.74, 6) is 1.82. The highest BCUT2D eigenvalue weighted by Gasteiger charge is 2.19. The number of benzene rings is 1. The minimum absolute atomic E-state index is 0. The highest BCUT2D eigenvalue weighted by Crippen LogP contribution is 2.17. The third-order valence-corrected chi connectivity index (χ3v) is 4.20. The van der Waals surface area contributed by atoms with Crippen molar-refractivity contribution in [1.82, 2.24) is 10.2 Å². The molecule has 1 fully saturated rings. The van der Waals surface area contributed by atoms with Gasteiger partial charge in [0.15, 0.2) is 5.96 Å². The fraction of sp³-hybridized carbons (Fsp3) is 0.588. The lowest BCUT2D eigenvalue weighted by Gasteiger charge is -2.33. The van der Waals surface area contributed by atoms with E-state index in [9.17, 15) is 0 Å². The van der Waals surface area contributed by atoms with Crippen LogP contribution in [0.15, 0.2) is 35.3 Å². The Morgan fingerprint density at radius 3 is 2.50 bits per heavy atom. The van der Waals surface area contributed by atoms with E-state index >= 15 is 0 Å². The molecule has 1 aromatic carbocycles. The molecular weight excluding hydrogens is 389 g/mol. The first-order chi connectivity index (χ1) is 10.2. The molecule has 5 heteroatoms. The Kier molecular flexibility index (Phi) is 8.78. The first kappa shape index (κ1) is 19.2. The van der Waals surface area contributed by atoms with Gasteiger partial charge < -0.3 is 15.0 Å². The summed E-state index contributed by atoms with van der Waals surface area (Å²) in [6.45, 7) is 5.23. The van der Waals surface area contributed by atoms with E-state index in [0.29, 0.717) is 0 Å². The summed E-state index contributed by atoms with van der Waals surface area (Å²) in [6, 6.07) is 10.3. The number of aliphatic imine (C=N–C) groups is 1. The van der Waals surface area contributed by atoms with Crippen molar-refractivity contribution >= 4 is 29.9 Å². The van der Waals surface area contributed by atoms with Crippen LogP contribution < -0.4 is 5.32 Å². The molecule has 1 heterocycles. The molecule has 0 spiro atoms. The van der Waals surface area contributed by atoms with Crippen molar-refractivity contribution in [1.29, 1.82) is 0 Å². The molecule has 1 atom stereocenters. The summed E-state index contributed by atoms with van der Waals surface area (Å²) in [7, 11) is 3.61. The predicted molar refractivity (Wildman–Crippen MR) is 103 cm³/mol. The van der Waals surface area contributed by atoms with Gasteiger partial charge in [0, 0.05) is 33.8 Å². The first-order valence-corrected chi connectivity index (χ1v) is 7.78. The molecule has 1 aliphatic heterocycles. The van der Waals surface area contributed by atoms with E-state index < -0.39 is 0 Å². The monoisotopic (exact) mass is 417 g/mol. The second-order valence-corrected chi connectivity index (χ2v) is 5.73. The van der Waals surface area contributed by atoms with E-state index in [-0.39, 0.29) is 30.1 Å². The molecule has 124 valence electrons. The number of rotatable bonds is 4. The van der Waals surface area contributed by atoms with Gasteiger partial charge in [0.05, 0.1) is 6.10 Å². The van der Waals surface area contributed by atoms with Crippen molar-refractivity contribution in [3.05, 3.63) is 35.9 Å². The number of nitrogens with one attached hydrogen (secondary N) is 1. The highest BCUT2D eigenvalue weighted by atomic mass is 127. The summed E-state index contributed by atoms with van der Waals surface area (Å²) in [6.07, 6.45) is 2.53. The average Bonchev–Trinajstić information content (AvgIpc) is 2.54. The van der Waals surface area contributed by atoms with E-state index in [1.54, 1.807) is 7.11 Å². The molecule has 1 aromatic rings. The number of ether oxygens (including phenoxy) is 1. The van der Waals surface area contributed by atoms with Crippen molar-refractivity contribution < 1.29 is 4.74 Å². The van der Waals surface area contributed by atoms with Crippen LogP contribution in [0.4, 0.5) is 0 Å². The van der Waals surface area contributed by atoms with Crippen LogP contribution in [-0.4, -0.2) is 44.7 Å². The highest BCUT2D eigenvalue weighted by molar-refractivity contribution is 14.0. The van der Waals surface area contributed by atoms with E-state index in [0.717, 1.165) is 31.5 Å². The van der Waals surface area contributed by atoms with Crippen molar-refractivity contribution in [3.63, 3.8) is 0 Å². The number of nitrogens with zero attached hydrogens (tertiary/aromatic N) is 2. The molecule has 1 unspecified atom stereocenters. The lowest BCUT2D eigenvalue weighted by Crippen LogP contribution is -2.46. The molecule has 0 aromatic heterocycles. The van der Waals surface area contributed by atoms with Gasteiger partial charge in [-0.2, -0.15) is 0 Å². The van der Waals surface area contributed by atoms with Gasteiger partial charge in [-0.1, -0.05) is 37.3 Å². The second-order valence-electron chi connectivity index (χ2n) is 5.73. The van der Waals surface area contributed by atoms with Crippen molar-refractivity contribution in [2.24, 2.45) is 10.9 Å². The number of methoxy groups -OCH3 is 1. The first-order valence-electron chi connectivity index (χ1n) is 7.78. The third kappa shape index (κ3) is 5.43. The molecule has 22 heavy (non-hydrogen) atoms. The zero-order valence-electron chi connectivity index (χ0n) is 13.8. The smallest absolute Gasteiger partial charge is 0.193 e. The number of piperidine rings is 1. The van der Waals surface area contributed by atoms with E-state index in [4.69, 9.17) is 4.74 Å². The predicted octanol–water partition coefficient (Wildman–Crippen LogP) is 3.30. The van der Waals surface area contributed by atoms with Crippen LogP contribution in [0.25, 0.3) is 0 Å². The molecule has 1 saturated heterocycles. The zero-order valence-corrected chi connectivity index (χ0v) is 16.1. The number of hydrogen-bond acceptors (Lipinski definition) is 2. The molecule has 0 bridgehead atoms. The minimum Gasteiger partial charge on any atom is -0.375 e. The van der Waals surface area contributed by atoms with Crippen LogP contribution in [-0.2, 0) is 4.74 Å². The molecule has 1 aliphatic rings. The lowest BCUT2D eigenvalue weighted by molar-refractivity contribution is 0.105. The summed E-state index contributed by atoms with van der Waals surface area (Å²) < 4.78 is 5.60. The van der Waals surface area contributed by atoms with Crippen LogP contribution >= 0.6 is 24.0 Å². The molecule has 0 aliphatic carbocycles. The Morgan fingerprint density at radius 1 is 1.32 bits per heavy atom. The number of hydrogen-bond donors (Lipinski definition) is 1. The maximum atomic E-state index is 5.60. The maximum absolute atomic E-state index is 5.60. The summed E-state index contributed by atoms with van der Waals surface area (Å²) in [5.41, 5.74) is 1.19. The van der Waals surface area contributed by atoms with Gasteiger partial charge in [-0.05, 0) is 24.3 Å². The Morgan fingerprint density at radius 2 is 1.95 bits per heavy atom. The van der Waals surface area contributed by atoms with Crippen LogP contribution in [0.5, 0.6) is 0 Å². The lowest BCUT2D eigenvalue weighted by atomic mass is 9.99.